The molecule has 0 saturated carbocycles. The van der Waals surface area contributed by atoms with Gasteiger partial charge in [-0.05, 0) is 36.8 Å². The molecule has 0 fully saturated rings. The Labute approximate surface area is 110 Å². The van der Waals surface area contributed by atoms with Crippen molar-refractivity contribution in [2.45, 2.75) is 6.92 Å². The molecule has 4 nitrogen and oxygen atoms in total. The molecule has 0 aliphatic rings. The molecule has 0 aliphatic carbocycles. The van der Waals surface area contributed by atoms with Gasteiger partial charge in [0.1, 0.15) is 11.3 Å². The summed E-state index contributed by atoms with van der Waals surface area (Å²) in [6, 6.07) is 11.3. The lowest BCUT2D eigenvalue weighted by molar-refractivity contribution is 0.414. The maximum atomic E-state index is 5.91. The third-order valence-electron chi connectivity index (χ3n) is 3.20. The fraction of sp³-hybridized carbons (Fsp3) is 0.133. The highest BCUT2D eigenvalue weighted by Crippen LogP contribution is 2.30. The van der Waals surface area contributed by atoms with E-state index in [9.17, 15) is 0 Å². The van der Waals surface area contributed by atoms with Gasteiger partial charge in [0.05, 0.1) is 7.11 Å². The van der Waals surface area contributed by atoms with Gasteiger partial charge in [0.15, 0.2) is 5.58 Å². The number of oxazole rings is 1. The fourth-order valence-electron chi connectivity index (χ4n) is 2.03. The Morgan fingerprint density at radius 3 is 2.84 bits per heavy atom. The van der Waals surface area contributed by atoms with Gasteiger partial charge < -0.3 is 14.9 Å². The zero-order valence-corrected chi connectivity index (χ0v) is 10.8. The molecule has 0 aliphatic heterocycles. The highest BCUT2D eigenvalue weighted by atomic mass is 16.5. The number of nitrogens with zero attached hydrogens (tertiary/aromatic N) is 1. The molecule has 0 atom stereocenters. The summed E-state index contributed by atoms with van der Waals surface area (Å²) in [6.07, 6.45) is 0. The van der Waals surface area contributed by atoms with Crippen LogP contribution in [0.3, 0.4) is 0 Å². The van der Waals surface area contributed by atoms with Gasteiger partial charge >= 0.3 is 0 Å². The number of methoxy groups -OCH3 is 1. The Morgan fingerprint density at radius 2 is 2.05 bits per heavy atom. The van der Waals surface area contributed by atoms with E-state index >= 15 is 0 Å². The van der Waals surface area contributed by atoms with E-state index in [2.05, 4.69) is 4.98 Å². The van der Waals surface area contributed by atoms with E-state index in [1.165, 1.54) is 0 Å². The van der Waals surface area contributed by atoms with Crippen molar-refractivity contribution < 1.29 is 9.15 Å². The zero-order chi connectivity index (χ0) is 13.4. The molecule has 1 heterocycles. The summed E-state index contributed by atoms with van der Waals surface area (Å²) in [5.41, 5.74) is 10.0. The van der Waals surface area contributed by atoms with Gasteiger partial charge in [0.25, 0.3) is 0 Å². The molecule has 2 N–H and O–H groups in total. The molecule has 4 heteroatoms. The first-order chi connectivity index (χ1) is 9.19. The van der Waals surface area contributed by atoms with Crippen molar-refractivity contribution in [2.75, 3.05) is 12.8 Å². The molecule has 0 bridgehead atoms. The van der Waals surface area contributed by atoms with Crippen LogP contribution in [0.15, 0.2) is 40.8 Å². The Hall–Kier alpha value is -2.49. The summed E-state index contributed by atoms with van der Waals surface area (Å²) in [7, 11) is 1.63. The summed E-state index contributed by atoms with van der Waals surface area (Å²) in [5.74, 6) is 1.33. The lowest BCUT2D eigenvalue weighted by Gasteiger charge is -2.03. The van der Waals surface area contributed by atoms with E-state index in [1.54, 1.807) is 7.11 Å². The van der Waals surface area contributed by atoms with Crippen molar-refractivity contribution >= 4 is 16.8 Å². The Morgan fingerprint density at radius 1 is 1.21 bits per heavy atom. The summed E-state index contributed by atoms with van der Waals surface area (Å²) in [5, 5.41) is 0. The van der Waals surface area contributed by atoms with Crippen LogP contribution < -0.4 is 10.5 Å². The van der Waals surface area contributed by atoms with Crippen LogP contribution in [0.1, 0.15) is 5.56 Å². The highest BCUT2D eigenvalue weighted by molar-refractivity contribution is 5.79. The standard InChI is InChI=1S/C15H14N2O2/c1-9-11(4-3-5-12(9)16)15-17-13-7-6-10(18-2)8-14(13)19-15/h3-8H,16H2,1-2H3. The van der Waals surface area contributed by atoms with Crippen molar-refractivity contribution in [3.63, 3.8) is 0 Å². The number of nitrogen functional groups attached to an aromatic ring is 1. The minimum atomic E-state index is 0.577. The van der Waals surface area contributed by atoms with Crippen LogP contribution in [0.5, 0.6) is 5.75 Å². The second kappa shape index (κ2) is 4.31. The molecule has 2 aromatic carbocycles. The van der Waals surface area contributed by atoms with Crippen LogP contribution in [0.2, 0.25) is 0 Å². The van der Waals surface area contributed by atoms with Crippen LogP contribution in [-0.2, 0) is 0 Å². The predicted octanol–water partition coefficient (Wildman–Crippen LogP) is 3.39. The molecule has 0 amide bonds. The van der Waals surface area contributed by atoms with Gasteiger partial charge in [-0.15, -0.1) is 0 Å². The lowest BCUT2D eigenvalue weighted by Crippen LogP contribution is -1.91. The Balaban J connectivity index is 2.18. The topological polar surface area (TPSA) is 61.3 Å². The average molecular weight is 254 g/mol. The van der Waals surface area contributed by atoms with Crippen LogP contribution in [0, 0.1) is 6.92 Å². The molecule has 96 valence electrons. The molecule has 1 aromatic heterocycles. The minimum absolute atomic E-state index is 0.577. The van der Waals surface area contributed by atoms with E-state index in [1.807, 2.05) is 43.3 Å². The van der Waals surface area contributed by atoms with Crippen molar-refractivity contribution in [2.24, 2.45) is 0 Å². The summed E-state index contributed by atoms with van der Waals surface area (Å²) < 4.78 is 11.0. The first-order valence-corrected chi connectivity index (χ1v) is 5.99. The molecule has 0 radical (unpaired) electrons. The number of aromatic nitrogens is 1. The monoisotopic (exact) mass is 254 g/mol. The molecular weight excluding hydrogens is 240 g/mol. The third kappa shape index (κ3) is 1.91. The maximum Gasteiger partial charge on any atom is 0.227 e. The van der Waals surface area contributed by atoms with Gasteiger partial charge in [0, 0.05) is 17.3 Å². The molecule has 3 rings (SSSR count). The summed E-state index contributed by atoms with van der Waals surface area (Å²) in [4.78, 5) is 4.48. The van der Waals surface area contributed by atoms with E-state index < -0.39 is 0 Å². The predicted molar refractivity (Wildman–Crippen MR) is 75.1 cm³/mol. The largest absolute Gasteiger partial charge is 0.497 e. The second-order valence-electron chi connectivity index (χ2n) is 4.37. The Bertz CT molecular complexity index is 747. The number of benzene rings is 2. The highest BCUT2D eigenvalue weighted by Gasteiger charge is 2.12. The maximum absolute atomic E-state index is 5.91. The smallest absolute Gasteiger partial charge is 0.227 e. The summed E-state index contributed by atoms with van der Waals surface area (Å²) in [6.45, 7) is 1.96. The number of ether oxygens (including phenoxy) is 1. The van der Waals surface area contributed by atoms with Crippen LogP contribution in [0.25, 0.3) is 22.6 Å². The number of fused-ring (bicyclic) bond motifs is 1. The minimum Gasteiger partial charge on any atom is -0.497 e. The SMILES string of the molecule is COc1ccc2nc(-c3cccc(N)c3C)oc2c1. The quantitative estimate of drug-likeness (QED) is 0.712. The number of nitrogens with two attached hydrogens (primary N) is 1. The van der Waals surface area contributed by atoms with Crippen molar-refractivity contribution in [3.8, 4) is 17.2 Å². The lowest BCUT2D eigenvalue weighted by atomic mass is 10.1. The normalized spacial score (nSPS) is 10.8. The summed E-state index contributed by atoms with van der Waals surface area (Å²) >= 11 is 0. The Kier molecular flexibility index (Phi) is 2.63. The van der Waals surface area contributed by atoms with Crippen molar-refractivity contribution in [1.29, 1.82) is 0 Å². The third-order valence-corrected chi connectivity index (χ3v) is 3.20. The number of hydrogen-bond acceptors (Lipinski definition) is 4. The van der Waals surface area contributed by atoms with Crippen LogP contribution >= 0.6 is 0 Å². The number of rotatable bonds is 2. The van der Waals surface area contributed by atoms with E-state index in [0.717, 1.165) is 28.1 Å². The first kappa shape index (κ1) is 11.6. The van der Waals surface area contributed by atoms with Crippen LogP contribution in [-0.4, -0.2) is 12.1 Å². The van der Waals surface area contributed by atoms with Gasteiger partial charge in [-0.2, -0.15) is 0 Å². The average Bonchev–Trinajstić information content (AvgIpc) is 2.84. The molecule has 0 saturated heterocycles. The van der Waals surface area contributed by atoms with Crippen molar-refractivity contribution in [3.05, 3.63) is 42.0 Å². The molecule has 0 spiro atoms. The molecule has 0 unspecified atom stereocenters. The van der Waals surface area contributed by atoms with Gasteiger partial charge in [-0.3, -0.25) is 0 Å². The van der Waals surface area contributed by atoms with Gasteiger partial charge in [0.2, 0.25) is 5.89 Å². The zero-order valence-electron chi connectivity index (χ0n) is 10.8. The van der Waals surface area contributed by atoms with Gasteiger partial charge in [-0.25, -0.2) is 4.98 Å². The fourth-order valence-corrected chi connectivity index (χ4v) is 2.03. The molecule has 19 heavy (non-hydrogen) atoms. The molecule has 3 aromatic rings. The van der Waals surface area contributed by atoms with Gasteiger partial charge in [-0.1, -0.05) is 6.07 Å². The second-order valence-corrected chi connectivity index (χ2v) is 4.37. The van der Waals surface area contributed by atoms with Crippen LogP contribution in [0.4, 0.5) is 5.69 Å². The van der Waals surface area contributed by atoms with E-state index in [0.29, 0.717) is 11.5 Å². The van der Waals surface area contributed by atoms with E-state index in [4.69, 9.17) is 14.9 Å². The van der Waals surface area contributed by atoms with E-state index in [-0.39, 0.29) is 0 Å². The first-order valence-electron chi connectivity index (χ1n) is 5.99. The van der Waals surface area contributed by atoms with Crippen molar-refractivity contribution in [1.82, 2.24) is 4.98 Å². The number of anilines is 1. The number of hydrogen-bond donors (Lipinski definition) is 1. The molecular formula is C15H14N2O2.